The Bertz CT molecular complexity index is 179. The zero-order chi connectivity index (χ0) is 10.2. The summed E-state index contributed by atoms with van der Waals surface area (Å²) in [6.45, 7) is 3.76. The third-order valence-corrected chi connectivity index (χ3v) is 2.76. The Labute approximate surface area is 87.4 Å². The van der Waals surface area contributed by atoms with Crippen LogP contribution in [0.15, 0.2) is 0 Å². The van der Waals surface area contributed by atoms with Gasteiger partial charge in [0.05, 0.1) is 18.8 Å². The summed E-state index contributed by atoms with van der Waals surface area (Å²) >= 11 is 0. The van der Waals surface area contributed by atoms with E-state index in [4.69, 9.17) is 11.2 Å². The van der Waals surface area contributed by atoms with E-state index < -0.39 is 0 Å². The summed E-state index contributed by atoms with van der Waals surface area (Å²) in [6, 6.07) is 0.210. The minimum atomic E-state index is 0.210. The standard InChI is InChI=1S/C12H21NO/c1-3-11(4-2)13-9-10-14-12-7-5-6-8-12/h1,11-13H,4-10H2,2H3. The molecule has 0 amide bonds. The van der Waals surface area contributed by atoms with Crippen molar-refractivity contribution in [1.29, 1.82) is 0 Å². The lowest BCUT2D eigenvalue weighted by Gasteiger charge is -2.13. The summed E-state index contributed by atoms with van der Waals surface area (Å²) in [5.74, 6) is 2.71. The van der Waals surface area contributed by atoms with Crippen molar-refractivity contribution in [3.63, 3.8) is 0 Å². The van der Waals surface area contributed by atoms with Gasteiger partial charge in [-0.05, 0) is 19.3 Å². The largest absolute Gasteiger partial charge is 0.377 e. The van der Waals surface area contributed by atoms with Crippen LogP contribution >= 0.6 is 0 Å². The van der Waals surface area contributed by atoms with Gasteiger partial charge in [0.1, 0.15) is 0 Å². The van der Waals surface area contributed by atoms with Crippen LogP contribution in [0.25, 0.3) is 0 Å². The first-order valence-electron chi connectivity index (χ1n) is 5.68. The Kier molecular flexibility index (Phi) is 5.66. The Balaban J connectivity index is 1.96. The summed E-state index contributed by atoms with van der Waals surface area (Å²) in [7, 11) is 0. The Morgan fingerprint density at radius 2 is 2.21 bits per heavy atom. The molecule has 1 aliphatic carbocycles. The summed E-state index contributed by atoms with van der Waals surface area (Å²) in [5.41, 5.74) is 0. The molecule has 0 radical (unpaired) electrons. The molecule has 1 unspecified atom stereocenters. The summed E-state index contributed by atoms with van der Waals surface area (Å²) in [4.78, 5) is 0. The van der Waals surface area contributed by atoms with E-state index in [0.717, 1.165) is 19.6 Å². The normalized spacial score (nSPS) is 19.4. The van der Waals surface area contributed by atoms with E-state index in [9.17, 15) is 0 Å². The number of hydrogen-bond acceptors (Lipinski definition) is 2. The number of terminal acetylenes is 1. The minimum Gasteiger partial charge on any atom is -0.377 e. The maximum Gasteiger partial charge on any atom is 0.0685 e. The molecule has 0 spiro atoms. The van der Waals surface area contributed by atoms with Crippen LogP contribution in [0.2, 0.25) is 0 Å². The van der Waals surface area contributed by atoms with Gasteiger partial charge in [-0.25, -0.2) is 0 Å². The highest BCUT2D eigenvalue weighted by molar-refractivity contribution is 4.97. The molecule has 2 nitrogen and oxygen atoms in total. The molecule has 0 heterocycles. The maximum atomic E-state index is 5.71. The van der Waals surface area contributed by atoms with Crippen molar-refractivity contribution >= 4 is 0 Å². The van der Waals surface area contributed by atoms with E-state index >= 15 is 0 Å². The molecule has 1 rings (SSSR count). The zero-order valence-corrected chi connectivity index (χ0v) is 9.09. The van der Waals surface area contributed by atoms with Crippen molar-refractivity contribution < 1.29 is 4.74 Å². The Hall–Kier alpha value is -0.520. The highest BCUT2D eigenvalue weighted by Crippen LogP contribution is 2.20. The molecule has 14 heavy (non-hydrogen) atoms. The van der Waals surface area contributed by atoms with E-state index in [2.05, 4.69) is 18.2 Å². The van der Waals surface area contributed by atoms with Crippen LogP contribution in [-0.4, -0.2) is 25.3 Å². The van der Waals surface area contributed by atoms with E-state index in [1.54, 1.807) is 0 Å². The quantitative estimate of drug-likeness (QED) is 0.516. The lowest BCUT2D eigenvalue weighted by atomic mass is 10.2. The first-order valence-corrected chi connectivity index (χ1v) is 5.68. The second-order valence-electron chi connectivity index (χ2n) is 3.86. The van der Waals surface area contributed by atoms with Gasteiger partial charge in [0.25, 0.3) is 0 Å². The SMILES string of the molecule is C#CC(CC)NCCOC1CCCC1. The monoisotopic (exact) mass is 195 g/mol. The van der Waals surface area contributed by atoms with E-state index in [0.29, 0.717) is 6.10 Å². The third-order valence-electron chi connectivity index (χ3n) is 2.76. The zero-order valence-electron chi connectivity index (χ0n) is 9.09. The van der Waals surface area contributed by atoms with Crippen molar-refractivity contribution in [3.8, 4) is 12.3 Å². The van der Waals surface area contributed by atoms with Crippen LogP contribution in [0, 0.1) is 12.3 Å². The van der Waals surface area contributed by atoms with Gasteiger partial charge in [-0.3, -0.25) is 0 Å². The second kappa shape index (κ2) is 6.86. The van der Waals surface area contributed by atoms with Crippen LogP contribution in [0.5, 0.6) is 0 Å². The summed E-state index contributed by atoms with van der Waals surface area (Å²) in [5, 5.41) is 3.28. The molecule has 2 heteroatoms. The molecular weight excluding hydrogens is 174 g/mol. The minimum absolute atomic E-state index is 0.210. The van der Waals surface area contributed by atoms with Crippen LogP contribution in [-0.2, 0) is 4.74 Å². The number of hydrogen-bond donors (Lipinski definition) is 1. The van der Waals surface area contributed by atoms with Crippen molar-refractivity contribution in [2.75, 3.05) is 13.2 Å². The summed E-state index contributed by atoms with van der Waals surface area (Å²) < 4.78 is 5.71. The third kappa shape index (κ3) is 4.13. The molecule has 0 aromatic carbocycles. The summed E-state index contributed by atoms with van der Waals surface area (Å²) in [6.07, 6.45) is 12.0. The molecule has 1 N–H and O–H groups in total. The predicted molar refractivity (Wildman–Crippen MR) is 59.1 cm³/mol. The number of ether oxygens (including phenoxy) is 1. The molecular formula is C12H21NO. The molecule has 0 aliphatic heterocycles. The molecule has 0 aromatic rings. The first-order chi connectivity index (χ1) is 6.86. The van der Waals surface area contributed by atoms with Crippen molar-refractivity contribution in [2.45, 2.75) is 51.2 Å². The van der Waals surface area contributed by atoms with Gasteiger partial charge in [0.15, 0.2) is 0 Å². The van der Waals surface area contributed by atoms with Gasteiger partial charge in [-0.1, -0.05) is 25.7 Å². The van der Waals surface area contributed by atoms with Gasteiger partial charge in [0.2, 0.25) is 0 Å². The average molecular weight is 195 g/mol. The van der Waals surface area contributed by atoms with Gasteiger partial charge < -0.3 is 10.1 Å². The van der Waals surface area contributed by atoms with Crippen molar-refractivity contribution in [3.05, 3.63) is 0 Å². The Morgan fingerprint density at radius 1 is 1.50 bits per heavy atom. The van der Waals surface area contributed by atoms with Gasteiger partial charge in [-0.15, -0.1) is 6.42 Å². The second-order valence-corrected chi connectivity index (χ2v) is 3.86. The molecule has 1 saturated carbocycles. The molecule has 1 aliphatic rings. The lowest BCUT2D eigenvalue weighted by Crippen LogP contribution is -2.30. The molecule has 0 saturated heterocycles. The van der Waals surface area contributed by atoms with Gasteiger partial charge >= 0.3 is 0 Å². The van der Waals surface area contributed by atoms with Gasteiger partial charge in [0, 0.05) is 6.54 Å². The molecule has 0 bridgehead atoms. The van der Waals surface area contributed by atoms with E-state index in [-0.39, 0.29) is 6.04 Å². The fourth-order valence-electron chi connectivity index (χ4n) is 1.83. The van der Waals surface area contributed by atoms with E-state index in [1.165, 1.54) is 25.7 Å². The average Bonchev–Trinajstić information content (AvgIpc) is 2.71. The highest BCUT2D eigenvalue weighted by Gasteiger charge is 2.14. The fourth-order valence-corrected chi connectivity index (χ4v) is 1.83. The number of nitrogens with one attached hydrogen (secondary N) is 1. The molecule has 1 atom stereocenters. The molecule has 0 aromatic heterocycles. The van der Waals surface area contributed by atoms with Crippen LogP contribution in [0.4, 0.5) is 0 Å². The van der Waals surface area contributed by atoms with E-state index in [1.807, 2.05) is 0 Å². The molecule has 80 valence electrons. The van der Waals surface area contributed by atoms with Crippen molar-refractivity contribution in [2.24, 2.45) is 0 Å². The van der Waals surface area contributed by atoms with Crippen LogP contribution in [0.1, 0.15) is 39.0 Å². The molecule has 1 fully saturated rings. The smallest absolute Gasteiger partial charge is 0.0685 e. The van der Waals surface area contributed by atoms with Crippen LogP contribution in [0.3, 0.4) is 0 Å². The first kappa shape index (κ1) is 11.6. The fraction of sp³-hybridized carbons (Fsp3) is 0.833. The maximum absolute atomic E-state index is 5.71. The predicted octanol–water partition coefficient (Wildman–Crippen LogP) is 1.95. The Morgan fingerprint density at radius 3 is 2.79 bits per heavy atom. The number of rotatable bonds is 6. The highest BCUT2D eigenvalue weighted by atomic mass is 16.5. The lowest BCUT2D eigenvalue weighted by molar-refractivity contribution is 0.0598. The van der Waals surface area contributed by atoms with Gasteiger partial charge in [-0.2, -0.15) is 0 Å². The topological polar surface area (TPSA) is 21.3 Å². The van der Waals surface area contributed by atoms with Crippen LogP contribution < -0.4 is 5.32 Å². The van der Waals surface area contributed by atoms with Crippen molar-refractivity contribution in [1.82, 2.24) is 5.32 Å².